The molecule has 10 rings (SSSR count). The van der Waals surface area contributed by atoms with Gasteiger partial charge in [0.2, 0.25) is 0 Å². The number of aromatic nitrogens is 6. The highest BCUT2D eigenvalue weighted by molar-refractivity contribution is 6.04. The van der Waals surface area contributed by atoms with Crippen molar-refractivity contribution in [2.75, 3.05) is 39.6 Å². The Kier molecular flexibility index (Phi) is 36.7. The average Bonchev–Trinajstić information content (AvgIpc) is 0.841. The first-order valence-electron chi connectivity index (χ1n) is 41.5. The van der Waals surface area contributed by atoms with Crippen LogP contribution in [0.2, 0.25) is 0 Å². The number of hydrogen-bond acceptors (Lipinski definition) is 42. The van der Waals surface area contributed by atoms with Crippen molar-refractivity contribution >= 4 is 94.7 Å². The van der Waals surface area contributed by atoms with Gasteiger partial charge in [0.1, 0.15) is 99.2 Å². The summed E-state index contributed by atoms with van der Waals surface area (Å²) in [5.74, 6) is -11.6. The van der Waals surface area contributed by atoms with Gasteiger partial charge in [0.15, 0.2) is 86.2 Å². The van der Waals surface area contributed by atoms with Crippen LogP contribution in [-0.2, 0) is 198 Å². The van der Waals surface area contributed by atoms with Crippen molar-refractivity contribution in [1.82, 2.24) is 30.0 Å². The van der Waals surface area contributed by atoms with Crippen LogP contribution in [0.3, 0.4) is 0 Å². The minimum absolute atomic E-state index is 0.0188. The van der Waals surface area contributed by atoms with Gasteiger partial charge >= 0.3 is 83.6 Å². The van der Waals surface area contributed by atoms with Gasteiger partial charge in [0.25, 0.3) is 0 Å². The second-order valence-corrected chi connectivity index (χ2v) is 30.1. The first-order valence-corrected chi connectivity index (χ1v) is 41.5. The van der Waals surface area contributed by atoms with Gasteiger partial charge in [0, 0.05) is 96.9 Å². The molecule has 0 radical (unpaired) electrons. The SMILES string of the molecule is CC(=O)OC[C@H]1O[C@@H](O[C@H]2[C@H](OC(C)=O)[C@@H](OC(C)=O)[C@H](OCCn3cc(COc4ccc(/C(=C(\c5ccccc5)c5ccc(OCc6cn(CCO[C@@H]7O[C@H](COC(C)=O)[C@@H](O[C@@H]8O[C@H](COC(C)=O)[C@@H](OC(C)=O)[C@H](OC(C)=O)[C@H]8OC(C)=O)[C@H](OC(C)=O)[C@H]7OC(C)=O)nn6)cc5)c5ccccc5)cc4)nn3)O[C@@H]2COC(C)=O)[C@H](OC(C)=O)[C@@H](OC(C)=O)[C@@H]1OC(C)=O. The van der Waals surface area contributed by atoms with E-state index < -0.39 is 233 Å². The highest BCUT2D eigenvalue weighted by Crippen LogP contribution is 2.42. The maximum Gasteiger partial charge on any atom is 0.303 e. The molecule has 0 spiro atoms. The predicted octanol–water partition coefficient (Wildman–Crippen LogP) is 4.31. The zero-order valence-electron chi connectivity index (χ0n) is 74.4. The minimum Gasteiger partial charge on any atom is -0.487 e. The van der Waals surface area contributed by atoms with E-state index >= 15 is 0 Å². The van der Waals surface area contributed by atoms with Crippen molar-refractivity contribution in [3.63, 3.8) is 0 Å². The molecule has 20 atom stereocenters. The normalized spacial score (nSPS) is 25.1. The van der Waals surface area contributed by atoms with Crippen LogP contribution in [-0.4, -0.2) is 276 Å². The molecule has 4 aromatic carbocycles. The van der Waals surface area contributed by atoms with Gasteiger partial charge in [-0.25, -0.2) is 9.36 Å². The fraction of sp³-hybridized carbons (Fsp3) is 0.500. The molecule has 44 heteroatoms. The standard InChI is InChI=1S/C88H102N6O38/c1-45(95)111-41-67-73(117-49(5)99)77(119-51(7)101)83(125-57(13)107)87(129-67)131-75-69(43-113-47(3)97)127-85(81(123-55(11)105)79(75)121-53(9)103)109-35-33-93-37-63(89-91-93)39-115-65-29-25-61(26-30-65)71(59-21-17-15-18-22-59)72(60-23-19-16-20-24-60)62-27-31-66(32-28-62)116-40-64-38-94(92-90-64)34-36-110-86-82(124-56(12)106)80(122-54(10)104)76(70(128-86)44-114-48(4)98)132-88-84(126-58(14)108)78(120-52(8)102)74(118-50(6)100)68(130-88)42-112-46(2)96/h15-32,37-38,67-70,73-88H,33-36,39-44H2,1-14H3/b72-71+/t67-,68-,69-,70-,73-,74-,75-,76-,77+,78+,79+,80+,81-,82-,83-,84-,85-,86-,87+,88+/m1/s1. The molecule has 4 aliphatic heterocycles. The van der Waals surface area contributed by atoms with Crippen molar-refractivity contribution in [1.29, 1.82) is 0 Å². The third kappa shape index (κ3) is 29.4. The second kappa shape index (κ2) is 48.1. The fourth-order valence-corrected chi connectivity index (χ4v) is 14.6. The van der Waals surface area contributed by atoms with Gasteiger partial charge in [-0.15, -0.1) is 10.2 Å². The molecule has 2 aromatic heterocycles. The molecule has 4 fully saturated rings. The van der Waals surface area contributed by atoms with Gasteiger partial charge in [-0.3, -0.25) is 67.1 Å². The lowest BCUT2D eigenvalue weighted by molar-refractivity contribution is -0.361. The highest BCUT2D eigenvalue weighted by atomic mass is 16.8. The summed E-state index contributed by atoms with van der Waals surface area (Å²) in [5, 5.41) is 17.1. The van der Waals surface area contributed by atoms with Crippen LogP contribution in [0.1, 0.15) is 131 Å². The number of nitrogens with zero attached hydrogens (tertiary/aromatic N) is 6. The largest absolute Gasteiger partial charge is 0.487 e. The van der Waals surface area contributed by atoms with E-state index in [1.165, 1.54) is 9.36 Å². The summed E-state index contributed by atoms with van der Waals surface area (Å²) >= 11 is 0. The summed E-state index contributed by atoms with van der Waals surface area (Å²) < 4.78 is 143. The van der Waals surface area contributed by atoms with E-state index in [-0.39, 0.29) is 39.5 Å². The monoisotopic (exact) mass is 1850 g/mol. The molecule has 132 heavy (non-hydrogen) atoms. The van der Waals surface area contributed by atoms with Crippen LogP contribution in [0.4, 0.5) is 0 Å². The molecule has 44 nitrogen and oxygen atoms in total. The molecule has 0 N–H and O–H groups in total. The Morgan fingerprint density at radius 2 is 0.523 bits per heavy atom. The Morgan fingerprint density at radius 3 is 0.803 bits per heavy atom. The van der Waals surface area contributed by atoms with Gasteiger partial charge in [-0.2, -0.15) is 0 Å². The van der Waals surface area contributed by atoms with Crippen molar-refractivity contribution in [2.24, 2.45) is 0 Å². The number of rotatable bonds is 40. The van der Waals surface area contributed by atoms with E-state index in [1.807, 2.05) is 109 Å². The molecular formula is C88H102N6O38. The molecule has 0 aliphatic carbocycles. The smallest absolute Gasteiger partial charge is 0.303 e. The first-order chi connectivity index (χ1) is 62.9. The van der Waals surface area contributed by atoms with Crippen LogP contribution < -0.4 is 9.47 Å². The fourth-order valence-electron chi connectivity index (χ4n) is 14.6. The van der Waals surface area contributed by atoms with Crippen molar-refractivity contribution in [3.05, 3.63) is 155 Å². The van der Waals surface area contributed by atoms with Gasteiger partial charge in [-0.1, -0.05) is 95.4 Å². The summed E-state index contributed by atoms with van der Waals surface area (Å²) in [6.07, 6.45) is -30.1. The Balaban J connectivity index is 0.806. The number of ether oxygens (including phenoxy) is 24. The van der Waals surface area contributed by atoms with Gasteiger partial charge < -0.3 is 114 Å². The summed E-state index contributed by atoms with van der Waals surface area (Å²) in [5.41, 5.74) is 5.95. The van der Waals surface area contributed by atoms with Crippen LogP contribution in [0.5, 0.6) is 11.5 Å². The van der Waals surface area contributed by atoms with Crippen LogP contribution >= 0.6 is 0 Å². The number of carbonyl (C=O) groups excluding carboxylic acids is 14. The number of benzene rings is 4. The number of carbonyl (C=O) groups is 14. The van der Waals surface area contributed by atoms with Crippen molar-refractivity contribution in [3.8, 4) is 11.5 Å². The van der Waals surface area contributed by atoms with Gasteiger partial charge in [0.05, 0.1) is 38.7 Å². The topological polar surface area (TPSA) is 522 Å². The maximum atomic E-state index is 13.1. The number of hydrogen-bond donors (Lipinski definition) is 0. The summed E-state index contributed by atoms with van der Waals surface area (Å²) in [6, 6.07) is 34.6. The van der Waals surface area contributed by atoms with Crippen LogP contribution in [0, 0.1) is 0 Å². The van der Waals surface area contributed by atoms with E-state index in [2.05, 4.69) is 20.6 Å². The third-order valence-electron chi connectivity index (χ3n) is 19.6. The molecule has 0 unspecified atom stereocenters. The molecular weight excluding hydrogens is 1750 g/mol. The zero-order chi connectivity index (χ0) is 95.6. The average molecular weight is 1850 g/mol. The van der Waals surface area contributed by atoms with Gasteiger partial charge in [-0.05, 0) is 57.7 Å². The summed E-state index contributed by atoms with van der Waals surface area (Å²) in [4.78, 5) is 177. The molecule has 4 aliphatic rings. The Labute approximate surface area is 754 Å². The maximum absolute atomic E-state index is 13.1. The lowest BCUT2D eigenvalue weighted by atomic mass is 9.86. The first kappa shape index (κ1) is 101. The van der Waals surface area contributed by atoms with Crippen molar-refractivity contribution < 1.29 is 181 Å². The molecule has 0 saturated carbocycles. The van der Waals surface area contributed by atoms with E-state index in [4.69, 9.17) is 114 Å². The van der Waals surface area contributed by atoms with Crippen LogP contribution in [0.15, 0.2) is 122 Å². The molecule has 0 amide bonds. The van der Waals surface area contributed by atoms with E-state index in [9.17, 15) is 67.1 Å². The molecule has 712 valence electrons. The lowest BCUT2D eigenvalue weighted by Gasteiger charge is -2.48. The summed E-state index contributed by atoms with van der Waals surface area (Å²) in [7, 11) is 0. The Hall–Kier alpha value is -13.2. The van der Waals surface area contributed by atoms with E-state index in [0.29, 0.717) is 22.9 Å². The van der Waals surface area contributed by atoms with E-state index in [1.54, 1.807) is 12.4 Å². The van der Waals surface area contributed by atoms with Crippen LogP contribution in [0.25, 0.3) is 11.1 Å². The Bertz CT molecular complexity index is 4720. The molecule has 4 saturated heterocycles. The molecule has 6 aromatic rings. The predicted molar refractivity (Wildman–Crippen MR) is 438 cm³/mol. The molecule has 0 bridgehead atoms. The molecule has 6 heterocycles. The van der Waals surface area contributed by atoms with Crippen molar-refractivity contribution in [2.45, 2.75) is 246 Å². The second-order valence-electron chi connectivity index (χ2n) is 30.1. The highest BCUT2D eigenvalue weighted by Gasteiger charge is 2.60. The lowest BCUT2D eigenvalue weighted by Crippen LogP contribution is -2.67. The third-order valence-corrected chi connectivity index (χ3v) is 19.6. The Morgan fingerprint density at radius 1 is 0.280 bits per heavy atom. The quantitative estimate of drug-likeness (QED) is 0.0294. The summed E-state index contributed by atoms with van der Waals surface area (Å²) in [6.45, 7) is 11.5. The minimum atomic E-state index is -1.89. The van der Waals surface area contributed by atoms with E-state index in [0.717, 1.165) is 130 Å². The number of esters is 14. The zero-order valence-corrected chi connectivity index (χ0v) is 74.4.